The van der Waals surface area contributed by atoms with Crippen molar-refractivity contribution in [3.05, 3.63) is 41.5 Å². The second kappa shape index (κ2) is 6.84. The van der Waals surface area contributed by atoms with Crippen molar-refractivity contribution in [1.29, 1.82) is 0 Å². The van der Waals surface area contributed by atoms with Crippen LogP contribution >= 0.6 is 0 Å². The summed E-state index contributed by atoms with van der Waals surface area (Å²) >= 11 is 0. The Morgan fingerprint density at radius 1 is 1.24 bits per heavy atom. The van der Waals surface area contributed by atoms with Gasteiger partial charge in [0.25, 0.3) is 10.2 Å². The van der Waals surface area contributed by atoms with Crippen LogP contribution < -0.4 is 4.72 Å². The minimum absolute atomic E-state index is 0.224. The van der Waals surface area contributed by atoms with Crippen molar-refractivity contribution in [2.45, 2.75) is 19.4 Å². The van der Waals surface area contributed by atoms with Crippen molar-refractivity contribution >= 4 is 22.3 Å². The maximum Gasteiger partial charge on any atom is 0.328 e. The average molecular weight is 310 g/mol. The molecule has 1 aromatic rings. The van der Waals surface area contributed by atoms with Crippen molar-refractivity contribution in [3.63, 3.8) is 0 Å². The number of carboxylic acid groups (broad SMARTS) is 1. The summed E-state index contributed by atoms with van der Waals surface area (Å²) in [6.45, 7) is 1.38. The van der Waals surface area contributed by atoms with Gasteiger partial charge in [0.05, 0.1) is 0 Å². The zero-order valence-corrected chi connectivity index (χ0v) is 12.3. The van der Waals surface area contributed by atoms with Crippen LogP contribution in [0.4, 0.5) is 0 Å². The van der Waals surface area contributed by atoms with Crippen LogP contribution in [-0.4, -0.2) is 36.9 Å². The van der Waals surface area contributed by atoms with Crippen molar-refractivity contribution in [3.8, 4) is 0 Å². The third-order valence-corrected chi connectivity index (χ3v) is 4.82. The van der Waals surface area contributed by atoms with Gasteiger partial charge >= 0.3 is 5.97 Å². The second-order valence-electron chi connectivity index (χ2n) is 4.85. The molecule has 0 bridgehead atoms. The molecule has 0 spiro atoms. The van der Waals surface area contributed by atoms with E-state index >= 15 is 0 Å². The average Bonchev–Trinajstić information content (AvgIpc) is 2.99. The lowest BCUT2D eigenvalue weighted by Crippen LogP contribution is -2.38. The molecule has 1 fully saturated rings. The van der Waals surface area contributed by atoms with Gasteiger partial charge in [-0.25, -0.2) is 4.79 Å². The molecule has 2 rings (SSSR count). The van der Waals surface area contributed by atoms with E-state index in [0.717, 1.165) is 30.0 Å². The normalized spacial score (nSPS) is 16.6. The number of aliphatic carboxylic acids is 1. The summed E-state index contributed by atoms with van der Waals surface area (Å²) in [5.41, 5.74) is 1.58. The van der Waals surface area contributed by atoms with Crippen LogP contribution in [0.15, 0.2) is 30.3 Å². The van der Waals surface area contributed by atoms with Gasteiger partial charge < -0.3 is 5.11 Å². The first-order valence-corrected chi connectivity index (χ1v) is 8.16. The summed E-state index contributed by atoms with van der Waals surface area (Å²) in [6, 6.07) is 7.04. The fourth-order valence-corrected chi connectivity index (χ4v) is 3.38. The zero-order chi connectivity index (χ0) is 15.3. The number of carboxylic acids is 1. The largest absolute Gasteiger partial charge is 0.478 e. The maximum atomic E-state index is 12.0. The number of carbonyl (C=O) groups is 1. The van der Waals surface area contributed by atoms with Gasteiger partial charge in [-0.05, 0) is 30.0 Å². The summed E-state index contributed by atoms with van der Waals surface area (Å²) in [5.74, 6) is -1.00. The first-order chi connectivity index (χ1) is 9.97. The van der Waals surface area contributed by atoms with Crippen LogP contribution in [0, 0.1) is 0 Å². The van der Waals surface area contributed by atoms with Gasteiger partial charge in [0, 0.05) is 25.7 Å². The molecule has 1 aliphatic rings. The Morgan fingerprint density at radius 2 is 1.86 bits per heavy atom. The predicted molar refractivity (Wildman–Crippen MR) is 79.7 cm³/mol. The van der Waals surface area contributed by atoms with Crippen LogP contribution in [-0.2, 0) is 21.5 Å². The molecule has 0 saturated carbocycles. The highest BCUT2D eigenvalue weighted by Crippen LogP contribution is 2.12. The smallest absolute Gasteiger partial charge is 0.328 e. The predicted octanol–water partition coefficient (Wildman–Crippen LogP) is 1.21. The van der Waals surface area contributed by atoms with E-state index < -0.39 is 16.2 Å². The highest BCUT2D eigenvalue weighted by atomic mass is 32.2. The summed E-state index contributed by atoms with van der Waals surface area (Å²) in [5, 5.41) is 8.54. The molecule has 0 amide bonds. The monoisotopic (exact) mass is 310 g/mol. The van der Waals surface area contributed by atoms with E-state index in [2.05, 4.69) is 4.72 Å². The lowest BCUT2D eigenvalue weighted by Gasteiger charge is -2.16. The van der Waals surface area contributed by atoms with Crippen LogP contribution in [0.1, 0.15) is 24.0 Å². The molecule has 1 aliphatic heterocycles. The van der Waals surface area contributed by atoms with E-state index in [1.807, 2.05) is 0 Å². The Bertz CT molecular complexity index is 617. The van der Waals surface area contributed by atoms with Crippen molar-refractivity contribution in [2.24, 2.45) is 0 Å². The van der Waals surface area contributed by atoms with E-state index in [4.69, 9.17) is 5.11 Å². The van der Waals surface area contributed by atoms with Crippen LogP contribution in [0.5, 0.6) is 0 Å². The third kappa shape index (κ3) is 4.66. The van der Waals surface area contributed by atoms with E-state index in [0.29, 0.717) is 13.1 Å². The van der Waals surface area contributed by atoms with Crippen LogP contribution in [0.25, 0.3) is 6.08 Å². The van der Waals surface area contributed by atoms with Crippen molar-refractivity contribution < 1.29 is 18.3 Å². The number of hydrogen-bond acceptors (Lipinski definition) is 3. The standard InChI is InChI=1S/C14H18N2O4S/c17-14(18)8-7-12-3-5-13(6-4-12)11-15-21(19,20)16-9-1-2-10-16/h3-8,15H,1-2,9-11H2,(H,17,18). The van der Waals surface area contributed by atoms with Gasteiger partial charge in [-0.3, -0.25) is 0 Å². The molecule has 0 unspecified atom stereocenters. The molecule has 1 heterocycles. The summed E-state index contributed by atoms with van der Waals surface area (Å²) in [4.78, 5) is 10.4. The molecule has 0 aliphatic carbocycles. The molecule has 1 saturated heterocycles. The fourth-order valence-electron chi connectivity index (χ4n) is 2.11. The van der Waals surface area contributed by atoms with Crippen LogP contribution in [0.3, 0.4) is 0 Å². The van der Waals surface area contributed by atoms with E-state index in [1.165, 1.54) is 10.4 Å². The summed E-state index contributed by atoms with van der Waals surface area (Å²) < 4.78 is 28.0. The Hall–Kier alpha value is -1.70. The minimum Gasteiger partial charge on any atom is -0.478 e. The molecule has 2 N–H and O–H groups in total. The van der Waals surface area contributed by atoms with Gasteiger partial charge in [0.1, 0.15) is 0 Å². The number of nitrogens with one attached hydrogen (secondary N) is 1. The lowest BCUT2D eigenvalue weighted by atomic mass is 10.1. The van der Waals surface area contributed by atoms with Gasteiger partial charge in [-0.1, -0.05) is 24.3 Å². The Labute approximate surface area is 124 Å². The Balaban J connectivity index is 1.93. The molecular weight excluding hydrogens is 292 g/mol. The molecule has 21 heavy (non-hydrogen) atoms. The summed E-state index contributed by atoms with van der Waals surface area (Å²) in [7, 11) is -3.40. The molecular formula is C14H18N2O4S. The first-order valence-electron chi connectivity index (χ1n) is 6.72. The summed E-state index contributed by atoms with van der Waals surface area (Å²) in [6.07, 6.45) is 4.36. The van der Waals surface area contributed by atoms with Gasteiger partial charge in [0.2, 0.25) is 0 Å². The molecule has 7 heteroatoms. The molecule has 0 aromatic heterocycles. The van der Waals surface area contributed by atoms with E-state index in [9.17, 15) is 13.2 Å². The zero-order valence-electron chi connectivity index (χ0n) is 11.5. The van der Waals surface area contributed by atoms with E-state index in [1.54, 1.807) is 24.3 Å². The molecule has 6 nitrogen and oxygen atoms in total. The second-order valence-corrected chi connectivity index (χ2v) is 6.60. The lowest BCUT2D eigenvalue weighted by molar-refractivity contribution is -0.131. The third-order valence-electron chi connectivity index (χ3n) is 3.26. The number of nitrogens with zero attached hydrogens (tertiary/aromatic N) is 1. The number of benzene rings is 1. The van der Waals surface area contributed by atoms with E-state index in [-0.39, 0.29) is 6.54 Å². The SMILES string of the molecule is O=C(O)C=Cc1ccc(CNS(=O)(=O)N2CCCC2)cc1. The molecule has 114 valence electrons. The highest BCUT2D eigenvalue weighted by Gasteiger charge is 2.24. The van der Waals surface area contributed by atoms with Gasteiger partial charge in [-0.2, -0.15) is 17.4 Å². The van der Waals surface area contributed by atoms with Crippen LogP contribution in [0.2, 0.25) is 0 Å². The first kappa shape index (κ1) is 15.7. The molecule has 0 radical (unpaired) electrons. The Morgan fingerprint density at radius 3 is 2.43 bits per heavy atom. The van der Waals surface area contributed by atoms with Crippen molar-refractivity contribution in [1.82, 2.24) is 9.03 Å². The molecule has 1 aromatic carbocycles. The molecule has 0 atom stereocenters. The van der Waals surface area contributed by atoms with Gasteiger partial charge in [0.15, 0.2) is 0 Å². The topological polar surface area (TPSA) is 86.7 Å². The number of hydrogen-bond donors (Lipinski definition) is 2. The quantitative estimate of drug-likeness (QED) is 0.773. The maximum absolute atomic E-state index is 12.0. The van der Waals surface area contributed by atoms with Gasteiger partial charge in [-0.15, -0.1) is 0 Å². The highest BCUT2D eigenvalue weighted by molar-refractivity contribution is 7.87. The fraction of sp³-hybridized carbons (Fsp3) is 0.357. The Kier molecular flexibility index (Phi) is 5.11. The minimum atomic E-state index is -3.40. The van der Waals surface area contributed by atoms with Crippen molar-refractivity contribution in [2.75, 3.05) is 13.1 Å². The number of rotatable bonds is 6.